The first-order valence-electron chi connectivity index (χ1n) is 6.81. The summed E-state index contributed by atoms with van der Waals surface area (Å²) >= 11 is 0. The zero-order chi connectivity index (χ0) is 18.1. The fraction of sp³-hybridized carbons (Fsp3) is 0.429. The maximum absolute atomic E-state index is 13.6. The fourth-order valence-corrected chi connectivity index (χ4v) is 1.73. The highest BCUT2D eigenvalue weighted by molar-refractivity contribution is 5.87. The molecule has 2 aromatic rings. The second-order valence-corrected chi connectivity index (χ2v) is 5.96. The number of halogens is 4. The van der Waals surface area contributed by atoms with Crippen LogP contribution in [0.5, 0.6) is 0 Å². The number of carbonyl (C=O) groups is 1. The van der Waals surface area contributed by atoms with Crippen LogP contribution in [0.25, 0.3) is 0 Å². The minimum Gasteiger partial charge on any atom is -0.455 e. The lowest BCUT2D eigenvalue weighted by atomic mass is 10.2. The third-order valence-corrected chi connectivity index (χ3v) is 2.70. The molecule has 0 fully saturated rings. The van der Waals surface area contributed by atoms with Crippen molar-refractivity contribution in [2.45, 2.75) is 39.1 Å². The van der Waals surface area contributed by atoms with Gasteiger partial charge in [-0.15, -0.1) is 5.10 Å². The van der Waals surface area contributed by atoms with Crippen molar-refractivity contribution in [3.05, 3.63) is 41.2 Å². The molecule has 10 heteroatoms. The number of esters is 1. The van der Waals surface area contributed by atoms with E-state index in [1.54, 1.807) is 20.8 Å². The van der Waals surface area contributed by atoms with Gasteiger partial charge < -0.3 is 4.74 Å². The first-order valence-corrected chi connectivity index (χ1v) is 6.81. The lowest BCUT2D eigenvalue weighted by Gasteiger charge is -2.18. The van der Waals surface area contributed by atoms with Crippen molar-refractivity contribution in [2.75, 3.05) is 0 Å². The first-order chi connectivity index (χ1) is 11.0. The van der Waals surface area contributed by atoms with E-state index in [0.29, 0.717) is 12.3 Å². The maximum atomic E-state index is 13.6. The van der Waals surface area contributed by atoms with Gasteiger partial charge in [0.25, 0.3) is 0 Å². The molecular formula is C14H14F4N4O2. The number of ether oxygens (including phenoxy) is 1. The van der Waals surface area contributed by atoms with Crippen molar-refractivity contribution >= 4 is 5.97 Å². The Bertz CT molecular complexity index is 750. The van der Waals surface area contributed by atoms with Crippen LogP contribution in [0, 0.1) is 5.82 Å². The van der Waals surface area contributed by atoms with E-state index in [9.17, 15) is 22.4 Å². The second kappa shape index (κ2) is 6.17. The van der Waals surface area contributed by atoms with Gasteiger partial charge >= 0.3 is 12.1 Å². The van der Waals surface area contributed by atoms with Crippen LogP contribution >= 0.6 is 0 Å². The number of hydrogen-bond acceptors (Lipinski definition) is 5. The van der Waals surface area contributed by atoms with Gasteiger partial charge in [0.1, 0.15) is 17.1 Å². The van der Waals surface area contributed by atoms with Gasteiger partial charge in [0.15, 0.2) is 5.69 Å². The molecule has 2 rings (SSSR count). The van der Waals surface area contributed by atoms with Crippen molar-refractivity contribution in [3.8, 4) is 0 Å². The van der Waals surface area contributed by atoms with Crippen LogP contribution in [0.1, 0.15) is 42.5 Å². The SMILES string of the molecule is CC(C)(C)OC(=O)c1cn(Cc2cc(C(F)(F)F)ncc2F)nn1. The summed E-state index contributed by atoms with van der Waals surface area (Å²) in [4.78, 5) is 14.8. The molecule has 0 unspecified atom stereocenters. The molecule has 0 atom stereocenters. The molecule has 0 spiro atoms. The summed E-state index contributed by atoms with van der Waals surface area (Å²) in [7, 11) is 0. The molecule has 0 amide bonds. The van der Waals surface area contributed by atoms with E-state index < -0.39 is 29.3 Å². The average molecular weight is 346 g/mol. The van der Waals surface area contributed by atoms with Gasteiger partial charge in [-0.05, 0) is 26.8 Å². The third kappa shape index (κ3) is 4.49. The Kier molecular flexibility index (Phi) is 4.59. The van der Waals surface area contributed by atoms with Crippen molar-refractivity contribution in [3.63, 3.8) is 0 Å². The van der Waals surface area contributed by atoms with Crippen LogP contribution in [0.2, 0.25) is 0 Å². The van der Waals surface area contributed by atoms with Gasteiger partial charge in [0, 0.05) is 5.56 Å². The number of nitrogens with zero attached hydrogens (tertiary/aromatic N) is 4. The van der Waals surface area contributed by atoms with Crippen LogP contribution in [0.3, 0.4) is 0 Å². The predicted octanol–water partition coefficient (Wildman–Crippen LogP) is 2.83. The summed E-state index contributed by atoms with van der Waals surface area (Å²) in [5, 5.41) is 7.17. The Hall–Kier alpha value is -2.52. The monoisotopic (exact) mass is 346 g/mol. The van der Waals surface area contributed by atoms with E-state index in [1.807, 2.05) is 0 Å². The maximum Gasteiger partial charge on any atom is 0.433 e. The highest BCUT2D eigenvalue weighted by Crippen LogP contribution is 2.28. The van der Waals surface area contributed by atoms with Gasteiger partial charge in [-0.25, -0.2) is 18.9 Å². The lowest BCUT2D eigenvalue weighted by molar-refractivity contribution is -0.141. The van der Waals surface area contributed by atoms with Crippen molar-refractivity contribution in [1.29, 1.82) is 0 Å². The molecule has 0 aromatic carbocycles. The molecule has 0 radical (unpaired) electrons. The summed E-state index contributed by atoms with van der Waals surface area (Å²) in [5.74, 6) is -1.66. The summed E-state index contributed by atoms with van der Waals surface area (Å²) in [6, 6.07) is 0.587. The molecule has 0 aliphatic carbocycles. The Morgan fingerprint density at radius 2 is 1.96 bits per heavy atom. The molecule has 6 nitrogen and oxygen atoms in total. The molecule has 0 N–H and O–H groups in total. The number of pyridine rings is 1. The minimum atomic E-state index is -4.69. The fourth-order valence-electron chi connectivity index (χ4n) is 1.73. The summed E-state index contributed by atoms with van der Waals surface area (Å²) in [6.07, 6.45) is -3.03. The summed E-state index contributed by atoms with van der Waals surface area (Å²) in [6.45, 7) is 4.66. The van der Waals surface area contributed by atoms with E-state index >= 15 is 0 Å². The minimum absolute atomic E-state index is 0.129. The van der Waals surface area contributed by atoms with Crippen LogP contribution in [0.4, 0.5) is 17.6 Å². The Morgan fingerprint density at radius 1 is 1.29 bits per heavy atom. The van der Waals surface area contributed by atoms with E-state index in [-0.39, 0.29) is 17.8 Å². The highest BCUT2D eigenvalue weighted by atomic mass is 19.4. The van der Waals surface area contributed by atoms with Gasteiger partial charge in [-0.3, -0.25) is 0 Å². The number of carbonyl (C=O) groups excluding carboxylic acids is 1. The van der Waals surface area contributed by atoms with Crippen LogP contribution in [0.15, 0.2) is 18.5 Å². The number of aromatic nitrogens is 4. The molecule has 2 heterocycles. The zero-order valence-electron chi connectivity index (χ0n) is 13.1. The molecule has 0 bridgehead atoms. The van der Waals surface area contributed by atoms with E-state index in [0.717, 1.165) is 4.68 Å². The van der Waals surface area contributed by atoms with E-state index in [4.69, 9.17) is 4.74 Å². The zero-order valence-corrected chi connectivity index (χ0v) is 13.1. The van der Waals surface area contributed by atoms with Crippen molar-refractivity contribution in [2.24, 2.45) is 0 Å². The molecular weight excluding hydrogens is 332 g/mol. The quantitative estimate of drug-likeness (QED) is 0.631. The Balaban J connectivity index is 2.20. The number of hydrogen-bond donors (Lipinski definition) is 0. The lowest BCUT2D eigenvalue weighted by Crippen LogP contribution is -2.24. The predicted molar refractivity (Wildman–Crippen MR) is 73.5 cm³/mol. The normalized spacial score (nSPS) is 12.3. The molecule has 0 aliphatic rings. The summed E-state index contributed by atoms with van der Waals surface area (Å²) in [5.41, 5.74) is -2.36. The van der Waals surface area contributed by atoms with Gasteiger partial charge in [-0.1, -0.05) is 5.21 Å². The second-order valence-electron chi connectivity index (χ2n) is 5.96. The van der Waals surface area contributed by atoms with Gasteiger partial charge in [-0.2, -0.15) is 13.2 Å². The van der Waals surface area contributed by atoms with Gasteiger partial charge in [0.2, 0.25) is 0 Å². The largest absolute Gasteiger partial charge is 0.455 e. The molecule has 0 saturated carbocycles. The standard InChI is InChI=1S/C14H14F4N4O2/c1-13(2,3)24-12(23)10-7-22(21-20-10)6-8-4-11(14(16,17)18)19-5-9(8)15/h4-5,7H,6H2,1-3H3. The number of alkyl halides is 3. The van der Waals surface area contributed by atoms with E-state index in [2.05, 4.69) is 15.3 Å². The molecule has 2 aromatic heterocycles. The Morgan fingerprint density at radius 3 is 2.54 bits per heavy atom. The first kappa shape index (κ1) is 17.8. The van der Waals surface area contributed by atoms with Crippen LogP contribution < -0.4 is 0 Å². The van der Waals surface area contributed by atoms with Gasteiger partial charge in [0.05, 0.1) is 18.9 Å². The van der Waals surface area contributed by atoms with Crippen LogP contribution in [-0.4, -0.2) is 31.5 Å². The summed E-state index contributed by atoms with van der Waals surface area (Å²) < 4.78 is 57.6. The van der Waals surface area contributed by atoms with E-state index in [1.165, 1.54) is 6.20 Å². The number of rotatable bonds is 3. The highest BCUT2D eigenvalue weighted by Gasteiger charge is 2.33. The van der Waals surface area contributed by atoms with Crippen molar-refractivity contribution < 1.29 is 27.1 Å². The topological polar surface area (TPSA) is 69.9 Å². The molecule has 24 heavy (non-hydrogen) atoms. The average Bonchev–Trinajstić information content (AvgIpc) is 2.87. The van der Waals surface area contributed by atoms with Crippen LogP contribution in [-0.2, 0) is 17.5 Å². The Labute approximate surface area is 134 Å². The molecule has 0 aliphatic heterocycles. The smallest absolute Gasteiger partial charge is 0.433 e. The van der Waals surface area contributed by atoms with Crippen molar-refractivity contribution in [1.82, 2.24) is 20.0 Å². The molecule has 0 saturated heterocycles. The third-order valence-electron chi connectivity index (χ3n) is 2.70. The molecule has 130 valence electrons.